The quantitative estimate of drug-likeness (QED) is 0.320. The monoisotopic (exact) mass is 583 g/mol. The highest BCUT2D eigenvalue weighted by molar-refractivity contribution is 6.30. The highest BCUT2D eigenvalue weighted by atomic mass is 35.5. The highest BCUT2D eigenvalue weighted by Crippen LogP contribution is 2.32. The largest absolute Gasteiger partial charge is 0.390 e. The van der Waals surface area contributed by atoms with Gasteiger partial charge in [0.2, 0.25) is 5.91 Å². The Morgan fingerprint density at radius 2 is 1.48 bits per heavy atom. The molecule has 1 unspecified atom stereocenters. The first-order chi connectivity index (χ1) is 20.5. The summed E-state index contributed by atoms with van der Waals surface area (Å²) in [6.45, 7) is 7.48. The molecule has 3 aromatic carbocycles. The first kappa shape index (κ1) is 28.6. The predicted octanol–water partition coefficient (Wildman–Crippen LogP) is 4.88. The molecule has 2 aliphatic rings. The fourth-order valence-corrected chi connectivity index (χ4v) is 6.52. The summed E-state index contributed by atoms with van der Waals surface area (Å²) in [7, 11) is 0. The Balaban J connectivity index is 1.13. The Hall–Kier alpha value is -3.49. The van der Waals surface area contributed by atoms with E-state index in [4.69, 9.17) is 16.7 Å². The second kappa shape index (κ2) is 12.8. The zero-order valence-electron chi connectivity index (χ0n) is 24.1. The van der Waals surface area contributed by atoms with E-state index >= 15 is 0 Å². The standard InChI is InChI=1S/C34H38ClN5O2/c1-25(41)39-17-16-32-31(24-39)33(26-12-14-29(35)15-13-26)36-40(32)23-30(42)22-37-18-20-38(21-19-37)34(27-8-4-2-5-9-27)28-10-6-3-7-11-28/h2-15,30,34,42H,16-24H2,1H3. The second-order valence-electron chi connectivity index (χ2n) is 11.4. The van der Waals surface area contributed by atoms with Crippen LogP contribution in [0.3, 0.4) is 0 Å². The van der Waals surface area contributed by atoms with Crippen molar-refractivity contribution in [3.8, 4) is 11.3 Å². The van der Waals surface area contributed by atoms with Gasteiger partial charge in [-0.05, 0) is 23.3 Å². The molecule has 4 aromatic rings. The summed E-state index contributed by atoms with van der Waals surface area (Å²) in [5, 5.41) is 16.9. The molecule has 1 N–H and O–H groups in total. The summed E-state index contributed by atoms with van der Waals surface area (Å²) in [5.41, 5.74) is 6.61. The molecule has 1 atom stereocenters. The van der Waals surface area contributed by atoms with Crippen LogP contribution in [0.25, 0.3) is 11.3 Å². The van der Waals surface area contributed by atoms with Gasteiger partial charge in [0, 0.05) is 81.0 Å². The second-order valence-corrected chi connectivity index (χ2v) is 11.8. The lowest BCUT2D eigenvalue weighted by Gasteiger charge is -2.40. The van der Waals surface area contributed by atoms with Crippen LogP contribution in [-0.4, -0.2) is 80.9 Å². The number of amides is 1. The van der Waals surface area contributed by atoms with Crippen LogP contribution in [0.5, 0.6) is 0 Å². The highest BCUT2D eigenvalue weighted by Gasteiger charge is 2.30. The molecule has 218 valence electrons. The molecule has 1 fully saturated rings. The summed E-state index contributed by atoms with van der Waals surface area (Å²) in [5.74, 6) is 0.0661. The average molecular weight is 584 g/mol. The minimum absolute atomic E-state index is 0.0661. The van der Waals surface area contributed by atoms with E-state index in [1.807, 2.05) is 33.8 Å². The lowest BCUT2D eigenvalue weighted by atomic mass is 9.96. The van der Waals surface area contributed by atoms with Gasteiger partial charge >= 0.3 is 0 Å². The summed E-state index contributed by atoms with van der Waals surface area (Å²) in [6, 6.07) is 29.3. The van der Waals surface area contributed by atoms with Gasteiger partial charge in [0.05, 0.1) is 24.4 Å². The number of piperazine rings is 1. The number of carbonyl (C=O) groups is 1. The lowest BCUT2D eigenvalue weighted by Crippen LogP contribution is -2.50. The number of carbonyl (C=O) groups excluding carboxylic acids is 1. The maximum atomic E-state index is 12.2. The van der Waals surface area contributed by atoms with Crippen LogP contribution >= 0.6 is 11.6 Å². The molecule has 1 amide bonds. The number of rotatable bonds is 8. The summed E-state index contributed by atoms with van der Waals surface area (Å²) in [4.78, 5) is 18.9. The molecule has 7 nitrogen and oxygen atoms in total. The van der Waals surface area contributed by atoms with E-state index in [9.17, 15) is 9.90 Å². The molecule has 42 heavy (non-hydrogen) atoms. The van der Waals surface area contributed by atoms with Gasteiger partial charge in [0.1, 0.15) is 0 Å². The van der Waals surface area contributed by atoms with E-state index in [2.05, 4.69) is 70.5 Å². The van der Waals surface area contributed by atoms with Crippen molar-refractivity contribution in [2.75, 3.05) is 39.3 Å². The van der Waals surface area contributed by atoms with Crippen LogP contribution in [0.4, 0.5) is 0 Å². The molecular formula is C34H38ClN5O2. The smallest absolute Gasteiger partial charge is 0.219 e. The first-order valence-corrected chi connectivity index (χ1v) is 15.2. The minimum atomic E-state index is -0.552. The molecule has 1 aromatic heterocycles. The van der Waals surface area contributed by atoms with Crippen molar-refractivity contribution in [1.82, 2.24) is 24.5 Å². The number of halogens is 1. The SMILES string of the molecule is CC(=O)N1CCc2c(c(-c3ccc(Cl)cc3)nn2CC(O)CN2CCN(C(c3ccccc3)c3ccccc3)CC2)C1. The van der Waals surface area contributed by atoms with Crippen LogP contribution < -0.4 is 0 Å². The molecule has 0 spiro atoms. The maximum absolute atomic E-state index is 12.2. The molecule has 1 saturated heterocycles. The Morgan fingerprint density at radius 1 is 0.857 bits per heavy atom. The van der Waals surface area contributed by atoms with E-state index in [1.54, 1.807) is 6.92 Å². The number of aromatic nitrogens is 2. The number of β-amino-alcohol motifs (C(OH)–C–C–N with tert-alkyl or cyclic N) is 1. The molecule has 2 aliphatic heterocycles. The topological polar surface area (TPSA) is 64.8 Å². The molecule has 0 radical (unpaired) electrons. The van der Waals surface area contributed by atoms with Gasteiger partial charge in [-0.15, -0.1) is 0 Å². The normalized spacial score (nSPS) is 16.9. The van der Waals surface area contributed by atoms with E-state index in [0.717, 1.165) is 55.1 Å². The number of nitrogens with zero attached hydrogens (tertiary/aromatic N) is 5. The van der Waals surface area contributed by atoms with Gasteiger partial charge in [-0.1, -0.05) is 84.4 Å². The molecule has 0 bridgehead atoms. The zero-order chi connectivity index (χ0) is 29.1. The van der Waals surface area contributed by atoms with E-state index < -0.39 is 6.10 Å². The molecular weight excluding hydrogens is 546 g/mol. The van der Waals surface area contributed by atoms with Gasteiger partial charge in [-0.2, -0.15) is 5.10 Å². The zero-order valence-corrected chi connectivity index (χ0v) is 24.8. The average Bonchev–Trinajstić information content (AvgIpc) is 3.37. The van der Waals surface area contributed by atoms with Crippen LogP contribution in [0.15, 0.2) is 84.9 Å². The Bertz CT molecular complexity index is 1440. The van der Waals surface area contributed by atoms with Crippen molar-refractivity contribution >= 4 is 17.5 Å². The summed E-state index contributed by atoms with van der Waals surface area (Å²) < 4.78 is 1.97. The van der Waals surface area contributed by atoms with Gasteiger partial charge in [0.25, 0.3) is 0 Å². The number of fused-ring (bicyclic) bond motifs is 1. The lowest BCUT2D eigenvalue weighted by molar-refractivity contribution is -0.129. The number of hydrogen-bond acceptors (Lipinski definition) is 5. The number of aliphatic hydroxyl groups excluding tert-OH is 1. The van der Waals surface area contributed by atoms with Crippen LogP contribution in [-0.2, 0) is 24.3 Å². The number of aliphatic hydroxyl groups is 1. The van der Waals surface area contributed by atoms with Gasteiger partial charge < -0.3 is 10.0 Å². The third-order valence-electron chi connectivity index (χ3n) is 8.55. The molecule has 0 aliphatic carbocycles. The van der Waals surface area contributed by atoms with Crippen LogP contribution in [0, 0.1) is 0 Å². The van der Waals surface area contributed by atoms with Crippen LogP contribution in [0.2, 0.25) is 5.02 Å². The maximum Gasteiger partial charge on any atom is 0.219 e. The van der Waals surface area contributed by atoms with Crippen molar-refractivity contribution in [3.63, 3.8) is 0 Å². The molecule has 0 saturated carbocycles. The van der Waals surface area contributed by atoms with Gasteiger partial charge in [-0.3, -0.25) is 19.3 Å². The molecule has 3 heterocycles. The third-order valence-corrected chi connectivity index (χ3v) is 8.80. The summed E-state index contributed by atoms with van der Waals surface area (Å²) in [6.07, 6.45) is 0.171. The fraction of sp³-hybridized carbons (Fsp3) is 0.353. The van der Waals surface area contributed by atoms with Crippen molar-refractivity contribution in [1.29, 1.82) is 0 Å². The van der Waals surface area contributed by atoms with Gasteiger partial charge in [0.15, 0.2) is 0 Å². The molecule has 8 heteroatoms. The van der Waals surface area contributed by atoms with Crippen molar-refractivity contribution in [3.05, 3.63) is 112 Å². The van der Waals surface area contributed by atoms with Crippen molar-refractivity contribution in [2.24, 2.45) is 0 Å². The Morgan fingerprint density at radius 3 is 2.07 bits per heavy atom. The van der Waals surface area contributed by atoms with E-state index in [1.165, 1.54) is 11.1 Å². The van der Waals surface area contributed by atoms with Gasteiger partial charge in [-0.25, -0.2) is 0 Å². The van der Waals surface area contributed by atoms with E-state index in [-0.39, 0.29) is 11.9 Å². The number of hydrogen-bond donors (Lipinski definition) is 1. The van der Waals surface area contributed by atoms with E-state index in [0.29, 0.717) is 31.2 Å². The predicted molar refractivity (Wildman–Crippen MR) is 166 cm³/mol. The van der Waals surface area contributed by atoms with Crippen molar-refractivity contribution in [2.45, 2.75) is 38.6 Å². The van der Waals surface area contributed by atoms with Crippen molar-refractivity contribution < 1.29 is 9.90 Å². The minimum Gasteiger partial charge on any atom is -0.390 e. The Kier molecular flexibility index (Phi) is 8.72. The fourth-order valence-electron chi connectivity index (χ4n) is 6.39. The number of benzene rings is 3. The molecule has 6 rings (SSSR count). The Labute approximate surface area is 252 Å². The first-order valence-electron chi connectivity index (χ1n) is 14.8. The summed E-state index contributed by atoms with van der Waals surface area (Å²) >= 11 is 6.14. The third kappa shape index (κ3) is 6.30. The van der Waals surface area contributed by atoms with Crippen LogP contribution in [0.1, 0.15) is 35.3 Å².